The lowest BCUT2D eigenvalue weighted by Crippen LogP contribution is -2.17. The molecule has 0 saturated heterocycles. The molecule has 4 aromatic rings. The van der Waals surface area contributed by atoms with Crippen molar-refractivity contribution in [3.8, 4) is 11.5 Å². The van der Waals surface area contributed by atoms with E-state index < -0.39 is 15.9 Å². The Morgan fingerprint density at radius 3 is 2.44 bits per heavy atom. The largest absolute Gasteiger partial charge is 0.444 e. The summed E-state index contributed by atoms with van der Waals surface area (Å²) >= 11 is 0. The number of hydrogen-bond donors (Lipinski definition) is 3. The van der Waals surface area contributed by atoms with Crippen LogP contribution in [0.5, 0.6) is 0 Å². The second-order valence-electron chi connectivity index (χ2n) is 7.00. The van der Waals surface area contributed by atoms with Crippen molar-refractivity contribution in [1.29, 1.82) is 0 Å². The van der Waals surface area contributed by atoms with Crippen LogP contribution in [0.2, 0.25) is 0 Å². The van der Waals surface area contributed by atoms with E-state index in [4.69, 9.17) is 4.42 Å². The summed E-state index contributed by atoms with van der Waals surface area (Å²) in [5, 5.41) is 16.2. The van der Waals surface area contributed by atoms with Gasteiger partial charge in [-0.2, -0.15) is 4.98 Å². The lowest BCUT2D eigenvalue weighted by Gasteiger charge is -2.19. The molecule has 0 saturated carbocycles. The predicted octanol–water partition coefficient (Wildman–Crippen LogP) is 3.42. The molecule has 0 spiro atoms. The number of oxazole rings is 1. The molecule has 0 unspecified atom stereocenters. The van der Waals surface area contributed by atoms with Gasteiger partial charge in [-0.25, -0.2) is 18.4 Å². The Balaban J connectivity index is 1.65. The Hall–Kier alpha value is -3.76. The van der Waals surface area contributed by atoms with Gasteiger partial charge < -0.3 is 20.2 Å². The Bertz CT molecular complexity index is 1280. The van der Waals surface area contributed by atoms with Crippen LogP contribution in [0, 0.1) is 0 Å². The molecule has 0 fully saturated rings. The number of benzene rings is 2. The van der Waals surface area contributed by atoms with E-state index in [1.54, 1.807) is 18.3 Å². The highest BCUT2D eigenvalue weighted by Crippen LogP contribution is 2.29. The van der Waals surface area contributed by atoms with Gasteiger partial charge in [0.05, 0.1) is 29.3 Å². The molecule has 1 atom stereocenters. The fourth-order valence-corrected chi connectivity index (χ4v) is 3.69. The van der Waals surface area contributed by atoms with Gasteiger partial charge in [0.25, 0.3) is 0 Å². The number of rotatable bonds is 8. The maximum Gasteiger partial charge on any atom is 0.231 e. The number of aliphatic hydroxyl groups excluding tert-OH is 1. The minimum atomic E-state index is -3.28. The van der Waals surface area contributed by atoms with Gasteiger partial charge in [-0.1, -0.05) is 30.3 Å². The van der Waals surface area contributed by atoms with Crippen LogP contribution in [-0.4, -0.2) is 41.3 Å². The lowest BCUT2D eigenvalue weighted by atomic mass is 10.1. The fourth-order valence-electron chi connectivity index (χ4n) is 3.06. The van der Waals surface area contributed by atoms with E-state index >= 15 is 0 Å². The Morgan fingerprint density at radius 1 is 1.06 bits per heavy atom. The van der Waals surface area contributed by atoms with Crippen LogP contribution in [0.15, 0.2) is 82.6 Å². The molecule has 164 valence electrons. The van der Waals surface area contributed by atoms with Gasteiger partial charge in [0.1, 0.15) is 12.1 Å². The molecule has 3 N–H and O–H groups in total. The summed E-state index contributed by atoms with van der Waals surface area (Å²) in [7, 11) is -3.28. The summed E-state index contributed by atoms with van der Waals surface area (Å²) in [6.45, 7) is -0.158. The summed E-state index contributed by atoms with van der Waals surface area (Å²) in [6.07, 6.45) is 5.70. The van der Waals surface area contributed by atoms with Gasteiger partial charge in [-0.15, -0.1) is 0 Å². The molecule has 0 bridgehead atoms. The van der Waals surface area contributed by atoms with E-state index in [0.717, 1.165) is 11.8 Å². The van der Waals surface area contributed by atoms with E-state index in [2.05, 4.69) is 25.6 Å². The van der Waals surface area contributed by atoms with Crippen molar-refractivity contribution in [3.05, 3.63) is 78.8 Å². The first-order valence-corrected chi connectivity index (χ1v) is 11.6. The smallest absolute Gasteiger partial charge is 0.231 e. The number of aliphatic hydroxyl groups is 1. The third kappa shape index (κ3) is 4.93. The number of sulfone groups is 1. The molecule has 0 aliphatic heterocycles. The SMILES string of the molecule is CS(=O)(=O)c1ccc(Nc2ncc(-c3ncco3)c(N[C@H](CO)c3ccccc3)n2)cc1. The van der Waals surface area contributed by atoms with Crippen LogP contribution >= 0.6 is 0 Å². The summed E-state index contributed by atoms with van der Waals surface area (Å²) < 4.78 is 28.7. The van der Waals surface area contributed by atoms with E-state index in [0.29, 0.717) is 23.0 Å². The molecular weight excluding hydrogens is 430 g/mol. The Labute approximate surface area is 185 Å². The van der Waals surface area contributed by atoms with Gasteiger partial charge in [-0.05, 0) is 29.8 Å². The molecule has 4 rings (SSSR count). The third-order valence-corrected chi connectivity index (χ3v) is 5.81. The molecule has 9 nitrogen and oxygen atoms in total. The van der Waals surface area contributed by atoms with Crippen LogP contribution in [0.3, 0.4) is 0 Å². The maximum atomic E-state index is 11.7. The van der Waals surface area contributed by atoms with Crippen LogP contribution in [0.1, 0.15) is 11.6 Å². The molecule has 32 heavy (non-hydrogen) atoms. The van der Waals surface area contributed by atoms with E-state index in [1.807, 2.05) is 30.3 Å². The van der Waals surface area contributed by atoms with Gasteiger partial charge in [0.2, 0.25) is 11.8 Å². The average Bonchev–Trinajstić information content (AvgIpc) is 3.33. The van der Waals surface area contributed by atoms with Gasteiger partial charge in [0.15, 0.2) is 9.84 Å². The topological polar surface area (TPSA) is 130 Å². The highest BCUT2D eigenvalue weighted by molar-refractivity contribution is 7.90. The molecule has 0 aliphatic carbocycles. The summed E-state index contributed by atoms with van der Waals surface area (Å²) in [5.74, 6) is 1.03. The fraction of sp³-hybridized carbons (Fsp3) is 0.136. The quantitative estimate of drug-likeness (QED) is 0.369. The zero-order valence-electron chi connectivity index (χ0n) is 17.1. The first-order chi connectivity index (χ1) is 15.4. The molecule has 2 aromatic carbocycles. The third-order valence-electron chi connectivity index (χ3n) is 4.69. The van der Waals surface area contributed by atoms with E-state index in [1.165, 1.54) is 24.6 Å². The standard InChI is InChI=1S/C22H21N5O4S/c1-32(29,30)17-9-7-16(8-10-17)25-22-24-13-18(21-23-11-12-31-21)20(27-22)26-19(14-28)15-5-3-2-4-6-15/h2-13,19,28H,14H2,1H3,(H2,24,25,26,27)/t19-/m1/s1. The first-order valence-electron chi connectivity index (χ1n) is 9.70. The molecule has 0 amide bonds. The normalized spacial score (nSPS) is 12.3. The number of nitrogens with one attached hydrogen (secondary N) is 2. The summed E-state index contributed by atoms with van der Waals surface area (Å²) in [5.41, 5.74) is 2.04. The number of nitrogens with zero attached hydrogens (tertiary/aromatic N) is 3. The molecule has 0 aliphatic rings. The van der Waals surface area contributed by atoms with Gasteiger partial charge >= 0.3 is 0 Å². The predicted molar refractivity (Wildman–Crippen MR) is 120 cm³/mol. The van der Waals surface area contributed by atoms with Crippen LogP contribution < -0.4 is 10.6 Å². The second kappa shape index (κ2) is 9.16. The monoisotopic (exact) mass is 451 g/mol. The van der Waals surface area contributed by atoms with Gasteiger partial charge in [0, 0.05) is 18.1 Å². The van der Waals surface area contributed by atoms with E-state index in [-0.39, 0.29) is 17.5 Å². The number of anilines is 3. The molecular formula is C22H21N5O4S. The summed E-state index contributed by atoms with van der Waals surface area (Å²) in [4.78, 5) is 13.3. The zero-order valence-corrected chi connectivity index (χ0v) is 18.0. The van der Waals surface area contributed by atoms with Crippen molar-refractivity contribution < 1.29 is 17.9 Å². The van der Waals surface area contributed by atoms with Crippen molar-refractivity contribution in [2.45, 2.75) is 10.9 Å². The first kappa shape index (κ1) is 21.5. The van der Waals surface area contributed by atoms with Crippen LogP contribution in [0.4, 0.5) is 17.5 Å². The molecule has 10 heteroatoms. The Kier molecular flexibility index (Phi) is 6.15. The van der Waals surface area contributed by atoms with Crippen molar-refractivity contribution in [3.63, 3.8) is 0 Å². The minimum Gasteiger partial charge on any atom is -0.444 e. The lowest BCUT2D eigenvalue weighted by molar-refractivity contribution is 0.276. The van der Waals surface area contributed by atoms with Crippen LogP contribution in [0.25, 0.3) is 11.5 Å². The molecule has 0 radical (unpaired) electrons. The highest BCUT2D eigenvalue weighted by Gasteiger charge is 2.18. The minimum absolute atomic E-state index is 0.158. The van der Waals surface area contributed by atoms with Crippen molar-refractivity contribution in [2.75, 3.05) is 23.5 Å². The average molecular weight is 452 g/mol. The van der Waals surface area contributed by atoms with Crippen LogP contribution in [-0.2, 0) is 9.84 Å². The maximum absolute atomic E-state index is 11.7. The number of hydrogen-bond acceptors (Lipinski definition) is 9. The van der Waals surface area contributed by atoms with Crippen molar-refractivity contribution >= 4 is 27.3 Å². The van der Waals surface area contributed by atoms with Crippen molar-refractivity contribution in [2.24, 2.45) is 0 Å². The zero-order chi connectivity index (χ0) is 22.6. The number of aromatic nitrogens is 3. The van der Waals surface area contributed by atoms with Gasteiger partial charge in [-0.3, -0.25) is 0 Å². The summed E-state index contributed by atoms with van der Waals surface area (Å²) in [6, 6.07) is 15.4. The molecule has 2 aromatic heterocycles. The van der Waals surface area contributed by atoms with Crippen molar-refractivity contribution in [1.82, 2.24) is 15.0 Å². The Morgan fingerprint density at radius 2 is 1.81 bits per heavy atom. The highest BCUT2D eigenvalue weighted by atomic mass is 32.2. The van der Waals surface area contributed by atoms with E-state index in [9.17, 15) is 13.5 Å². The second-order valence-corrected chi connectivity index (χ2v) is 9.02. The molecule has 2 heterocycles.